The van der Waals surface area contributed by atoms with Crippen LogP contribution in [0.25, 0.3) is 0 Å². The molecule has 0 aromatic heterocycles. The zero-order valence-electron chi connectivity index (χ0n) is 40.6. The van der Waals surface area contributed by atoms with E-state index in [-0.39, 0.29) is 50.8 Å². The number of hydrogen-bond acceptors (Lipinski definition) is 16. The van der Waals surface area contributed by atoms with E-state index in [9.17, 15) is 39.0 Å². The van der Waals surface area contributed by atoms with E-state index in [1.807, 2.05) is 0 Å². The first-order valence-electron chi connectivity index (χ1n) is 22.5. The van der Waals surface area contributed by atoms with E-state index in [0.717, 1.165) is 0 Å². The van der Waals surface area contributed by atoms with Crippen LogP contribution in [0.3, 0.4) is 0 Å². The quantitative estimate of drug-likeness (QED) is 0.0756. The molecule has 0 aliphatic heterocycles. The highest BCUT2D eigenvalue weighted by atomic mass is 16.6. The summed E-state index contributed by atoms with van der Waals surface area (Å²) in [5, 5.41) is 20.1. The van der Waals surface area contributed by atoms with Crippen LogP contribution in [0, 0.1) is 11.8 Å². The van der Waals surface area contributed by atoms with Gasteiger partial charge in [-0.3, -0.25) is 28.8 Å². The van der Waals surface area contributed by atoms with Crippen molar-refractivity contribution in [3.63, 3.8) is 0 Å². The Labute approximate surface area is 381 Å². The first-order chi connectivity index (χ1) is 30.1. The monoisotopic (exact) mass is 923 g/mol. The lowest BCUT2D eigenvalue weighted by Gasteiger charge is -2.29. The number of ketones is 4. The van der Waals surface area contributed by atoms with Gasteiger partial charge in [-0.2, -0.15) is 0 Å². The van der Waals surface area contributed by atoms with Crippen molar-refractivity contribution in [2.24, 2.45) is 11.8 Å². The van der Waals surface area contributed by atoms with Gasteiger partial charge in [-0.15, -0.1) is 0 Å². The zero-order chi connectivity index (χ0) is 48.7. The van der Waals surface area contributed by atoms with E-state index in [4.69, 9.17) is 47.4 Å². The van der Waals surface area contributed by atoms with Gasteiger partial charge in [-0.05, 0) is 81.1 Å². The third-order valence-corrected chi connectivity index (χ3v) is 10.6. The van der Waals surface area contributed by atoms with Gasteiger partial charge in [0.1, 0.15) is 22.4 Å². The average molecular weight is 923 g/mol. The van der Waals surface area contributed by atoms with Gasteiger partial charge in [0.2, 0.25) is 0 Å². The first kappa shape index (κ1) is 61.2. The summed E-state index contributed by atoms with van der Waals surface area (Å²) in [7, 11) is 3.20. The van der Waals surface area contributed by atoms with Gasteiger partial charge in [0.05, 0.1) is 91.1 Å². The predicted octanol–water partition coefficient (Wildman–Crippen LogP) is 5.11. The van der Waals surface area contributed by atoms with Crippen LogP contribution in [0.15, 0.2) is 0 Å². The maximum Gasteiger partial charge on any atom is 0.307 e. The smallest absolute Gasteiger partial charge is 0.307 e. The molecular weight excluding hydrogens is 840 g/mol. The molecule has 64 heavy (non-hydrogen) atoms. The number of carbonyl (C=O) groups excluding carboxylic acids is 4. The fourth-order valence-corrected chi connectivity index (χ4v) is 6.04. The van der Waals surface area contributed by atoms with E-state index < -0.39 is 70.6 Å². The molecule has 2 N–H and O–H groups in total. The minimum atomic E-state index is -1.69. The Morgan fingerprint density at radius 2 is 0.625 bits per heavy atom. The molecule has 18 nitrogen and oxygen atoms in total. The lowest BCUT2D eigenvalue weighted by molar-refractivity contribution is -0.160. The van der Waals surface area contributed by atoms with Crippen molar-refractivity contribution in [1.29, 1.82) is 0 Å². The Morgan fingerprint density at radius 1 is 0.359 bits per heavy atom. The molecule has 2 atom stereocenters. The van der Waals surface area contributed by atoms with Crippen molar-refractivity contribution in [3.05, 3.63) is 0 Å². The Kier molecular flexibility index (Phi) is 32.2. The summed E-state index contributed by atoms with van der Waals surface area (Å²) in [6.45, 7) is 17.9. The van der Waals surface area contributed by atoms with E-state index >= 15 is 0 Å². The molecule has 0 heterocycles. The van der Waals surface area contributed by atoms with Crippen molar-refractivity contribution in [3.8, 4) is 0 Å². The number of aliphatic carboxylic acids is 2. The summed E-state index contributed by atoms with van der Waals surface area (Å²) in [5.41, 5.74) is -4.84. The fourth-order valence-electron chi connectivity index (χ4n) is 6.04. The Morgan fingerprint density at radius 3 is 0.922 bits per heavy atom. The number of ether oxygens (including phenoxy) is 10. The number of unbranched alkanes of at least 4 members (excludes halogenated alkanes) is 4. The lowest BCUT2D eigenvalue weighted by atomic mass is 9.80. The van der Waals surface area contributed by atoms with Crippen molar-refractivity contribution in [2.75, 3.05) is 107 Å². The molecule has 0 bridgehead atoms. The van der Waals surface area contributed by atoms with Crippen molar-refractivity contribution >= 4 is 35.1 Å². The highest BCUT2D eigenvalue weighted by molar-refractivity contribution is 5.94. The summed E-state index contributed by atoms with van der Waals surface area (Å²) in [6.07, 6.45) is 2.65. The number of methoxy groups -OCH3 is 2. The molecule has 0 saturated carbocycles. The largest absolute Gasteiger partial charge is 0.481 e. The van der Waals surface area contributed by atoms with Crippen LogP contribution < -0.4 is 0 Å². The number of carboxylic acid groups (broad SMARTS) is 2. The third-order valence-electron chi connectivity index (χ3n) is 10.6. The summed E-state index contributed by atoms with van der Waals surface area (Å²) >= 11 is 0. The maximum atomic E-state index is 13.3. The molecule has 0 aliphatic carbocycles. The van der Waals surface area contributed by atoms with Gasteiger partial charge < -0.3 is 57.6 Å². The molecule has 0 amide bonds. The predicted molar refractivity (Wildman–Crippen MR) is 236 cm³/mol. The van der Waals surface area contributed by atoms with Crippen LogP contribution in [-0.4, -0.2) is 174 Å². The van der Waals surface area contributed by atoms with Crippen LogP contribution in [0.2, 0.25) is 0 Å². The van der Waals surface area contributed by atoms with Crippen molar-refractivity contribution in [1.82, 2.24) is 0 Å². The summed E-state index contributed by atoms with van der Waals surface area (Å²) < 4.78 is 54.5. The van der Waals surface area contributed by atoms with E-state index in [0.29, 0.717) is 105 Å². The van der Waals surface area contributed by atoms with Gasteiger partial charge in [-0.25, -0.2) is 0 Å². The van der Waals surface area contributed by atoms with Crippen LogP contribution in [0.4, 0.5) is 0 Å². The Bertz CT molecular complexity index is 1240. The molecule has 2 unspecified atom stereocenters. The normalized spacial score (nSPS) is 13.5. The maximum absolute atomic E-state index is 13.3. The molecule has 0 fully saturated rings. The molecule has 18 heteroatoms. The molecule has 0 rings (SSSR count). The number of Topliss-reactive ketones (excluding diaryl/α,β-unsaturated/α-hetero) is 4. The second-order valence-corrected chi connectivity index (χ2v) is 17.5. The minimum Gasteiger partial charge on any atom is -0.481 e. The van der Waals surface area contributed by atoms with Crippen LogP contribution >= 0.6 is 0 Å². The van der Waals surface area contributed by atoms with Gasteiger partial charge in [0.15, 0.2) is 23.1 Å². The molecule has 0 saturated heterocycles. The topological polar surface area (TPSA) is 235 Å². The summed E-state index contributed by atoms with van der Waals surface area (Å²) in [4.78, 5) is 76.9. The third kappa shape index (κ3) is 27.6. The highest BCUT2D eigenvalue weighted by Crippen LogP contribution is 2.28. The average Bonchev–Trinajstić information content (AvgIpc) is 3.22. The second kappa shape index (κ2) is 33.7. The molecule has 374 valence electrons. The van der Waals surface area contributed by atoms with Crippen LogP contribution in [0.1, 0.15) is 120 Å². The zero-order valence-corrected chi connectivity index (χ0v) is 40.6. The van der Waals surface area contributed by atoms with Crippen molar-refractivity contribution < 1.29 is 86.3 Å². The number of hydrogen-bond donors (Lipinski definition) is 2. The standard InChI is InChI=1S/C46H82O18/c1-43(2,63-31-29-59-27-25-57-23-21-55-9)37(47)17-13-11-15-19-61-45(5,6)39(49)33-35(41(51)52)36(42(53)54)34-40(50)46(7,8)62-20-16-12-14-18-38(48)44(3,4)64-32-30-60-28-26-58-24-22-56-10/h35-36H,11-34H2,1-10H3,(H,51,52)(H,53,54). The molecule has 0 aromatic rings. The molecule has 0 spiro atoms. The van der Waals surface area contributed by atoms with Gasteiger partial charge in [-0.1, -0.05) is 12.8 Å². The first-order valence-corrected chi connectivity index (χ1v) is 22.5. The summed E-state index contributed by atoms with van der Waals surface area (Å²) in [5.74, 6) is -7.80. The van der Waals surface area contributed by atoms with Gasteiger partial charge >= 0.3 is 11.9 Å². The van der Waals surface area contributed by atoms with Crippen LogP contribution in [-0.2, 0) is 76.1 Å². The van der Waals surface area contributed by atoms with E-state index in [1.54, 1.807) is 41.9 Å². The van der Waals surface area contributed by atoms with Crippen molar-refractivity contribution in [2.45, 2.75) is 142 Å². The Balaban J connectivity index is 4.74. The summed E-state index contributed by atoms with van der Waals surface area (Å²) in [6, 6.07) is 0. The second-order valence-electron chi connectivity index (χ2n) is 17.5. The molecular formula is C46H82O18. The van der Waals surface area contributed by atoms with E-state index in [1.165, 1.54) is 27.7 Å². The Hall–Kier alpha value is -2.78. The fraction of sp³-hybridized carbons (Fsp3) is 0.870. The van der Waals surface area contributed by atoms with Crippen LogP contribution in [0.5, 0.6) is 0 Å². The van der Waals surface area contributed by atoms with E-state index in [2.05, 4.69) is 0 Å². The van der Waals surface area contributed by atoms with Gasteiger partial charge in [0.25, 0.3) is 0 Å². The number of carbonyl (C=O) groups is 6. The lowest BCUT2D eigenvalue weighted by Crippen LogP contribution is -2.43. The SMILES string of the molecule is COCCOCCOCCOC(C)(C)C(=O)CCCCCOC(C)(C)C(=O)CC(C(=O)O)C(CC(=O)C(C)(C)OCCCCCC(=O)C(C)(C)OCCOCCOCCOC)C(=O)O. The highest BCUT2D eigenvalue weighted by Gasteiger charge is 2.42. The molecule has 0 radical (unpaired) electrons. The molecule has 0 aromatic carbocycles. The number of carboxylic acids is 2. The number of rotatable bonds is 45. The van der Waals surface area contributed by atoms with Gasteiger partial charge in [0, 0.05) is 53.1 Å². The minimum absolute atomic E-state index is 0.0599. The molecule has 0 aliphatic rings.